The van der Waals surface area contributed by atoms with Crippen LogP contribution in [-0.2, 0) is 9.53 Å². The van der Waals surface area contributed by atoms with Crippen molar-refractivity contribution in [3.63, 3.8) is 0 Å². The molecular weight excluding hydrogens is 308 g/mol. The molecule has 1 N–H and O–H groups in total. The fourth-order valence-electron chi connectivity index (χ4n) is 2.42. The van der Waals surface area contributed by atoms with E-state index in [1.54, 1.807) is 7.05 Å². The lowest BCUT2D eigenvalue weighted by Crippen LogP contribution is -2.50. The highest BCUT2D eigenvalue weighted by atomic mass is 79.9. The van der Waals surface area contributed by atoms with Gasteiger partial charge in [0.15, 0.2) is 0 Å². The third-order valence-corrected chi connectivity index (χ3v) is 3.93. The average molecular weight is 327 g/mol. The number of carbonyl (C=O) groups is 1. The zero-order valence-electron chi connectivity index (χ0n) is 11.2. The molecule has 5 heteroatoms. The molecule has 1 saturated heterocycles. The minimum absolute atomic E-state index is 0.0516. The summed E-state index contributed by atoms with van der Waals surface area (Å²) in [4.78, 5) is 13.9. The largest absolute Gasteiger partial charge is 0.370 e. The lowest BCUT2D eigenvalue weighted by molar-refractivity contribution is -0.144. The van der Waals surface area contributed by atoms with E-state index in [9.17, 15) is 4.79 Å². The van der Waals surface area contributed by atoms with Gasteiger partial charge in [-0.3, -0.25) is 4.79 Å². The Morgan fingerprint density at radius 3 is 2.79 bits per heavy atom. The smallest absolute Gasteiger partial charge is 0.236 e. The summed E-state index contributed by atoms with van der Waals surface area (Å²) in [5.41, 5.74) is 1.11. The molecule has 1 fully saturated rings. The van der Waals surface area contributed by atoms with Crippen molar-refractivity contribution < 1.29 is 9.53 Å². The second kappa shape index (κ2) is 6.50. The van der Waals surface area contributed by atoms with Crippen LogP contribution in [0.4, 0.5) is 0 Å². The second-order valence-electron chi connectivity index (χ2n) is 4.70. The summed E-state index contributed by atoms with van der Waals surface area (Å²) < 4.78 is 6.89. The highest BCUT2D eigenvalue weighted by Gasteiger charge is 2.32. The summed E-state index contributed by atoms with van der Waals surface area (Å²) in [5.74, 6) is 0.125. The molecule has 0 spiro atoms. The predicted molar refractivity (Wildman–Crippen MR) is 77.9 cm³/mol. The van der Waals surface area contributed by atoms with Crippen LogP contribution in [0.15, 0.2) is 28.7 Å². The first-order chi connectivity index (χ1) is 9.13. The van der Waals surface area contributed by atoms with Crippen LogP contribution >= 0.6 is 15.9 Å². The Balaban J connectivity index is 2.13. The third kappa shape index (κ3) is 3.35. The van der Waals surface area contributed by atoms with E-state index < -0.39 is 0 Å². The monoisotopic (exact) mass is 326 g/mol. The van der Waals surface area contributed by atoms with Crippen molar-refractivity contribution in [1.29, 1.82) is 0 Å². The summed E-state index contributed by atoms with van der Waals surface area (Å²) in [6.45, 7) is 3.66. The first-order valence-electron chi connectivity index (χ1n) is 6.44. The van der Waals surface area contributed by atoms with E-state index in [1.165, 1.54) is 0 Å². The van der Waals surface area contributed by atoms with Gasteiger partial charge in [0.05, 0.1) is 19.2 Å². The van der Waals surface area contributed by atoms with E-state index in [0.29, 0.717) is 19.7 Å². The van der Waals surface area contributed by atoms with Gasteiger partial charge in [-0.15, -0.1) is 0 Å². The van der Waals surface area contributed by atoms with Gasteiger partial charge in [-0.2, -0.15) is 0 Å². The zero-order chi connectivity index (χ0) is 13.8. The fourth-order valence-corrected chi connectivity index (χ4v) is 2.68. The van der Waals surface area contributed by atoms with E-state index in [0.717, 1.165) is 10.0 Å². The number of rotatable bonds is 3. The Morgan fingerprint density at radius 2 is 2.16 bits per heavy atom. The SMILES string of the molecule is CNCC(=O)N1CCO[C@@H](c2ccc(Br)cc2)[C@H]1C. The van der Waals surface area contributed by atoms with Crippen LogP contribution in [0.3, 0.4) is 0 Å². The molecule has 1 aromatic rings. The van der Waals surface area contributed by atoms with Crippen molar-refractivity contribution in [2.24, 2.45) is 0 Å². The van der Waals surface area contributed by atoms with E-state index in [4.69, 9.17) is 4.74 Å². The maximum atomic E-state index is 12.0. The lowest BCUT2D eigenvalue weighted by atomic mass is 10.0. The Bertz CT molecular complexity index is 436. The molecule has 0 radical (unpaired) electrons. The quantitative estimate of drug-likeness (QED) is 0.923. The summed E-state index contributed by atoms with van der Waals surface area (Å²) in [6.07, 6.45) is -0.0531. The highest BCUT2D eigenvalue weighted by molar-refractivity contribution is 9.10. The first kappa shape index (κ1) is 14.5. The topological polar surface area (TPSA) is 41.6 Å². The van der Waals surface area contributed by atoms with Gasteiger partial charge in [0, 0.05) is 11.0 Å². The van der Waals surface area contributed by atoms with Gasteiger partial charge in [0.25, 0.3) is 0 Å². The number of halogens is 1. The number of ether oxygens (including phenoxy) is 1. The molecule has 0 bridgehead atoms. The van der Waals surface area contributed by atoms with Crippen LogP contribution in [0, 0.1) is 0 Å². The van der Waals surface area contributed by atoms with Crippen molar-refractivity contribution in [1.82, 2.24) is 10.2 Å². The predicted octanol–water partition coefficient (Wildman–Crippen LogP) is 1.96. The molecular formula is C14H19BrN2O2. The molecule has 0 saturated carbocycles. The van der Waals surface area contributed by atoms with Gasteiger partial charge >= 0.3 is 0 Å². The number of hydrogen-bond acceptors (Lipinski definition) is 3. The Kier molecular flexibility index (Phi) is 4.96. The molecule has 2 atom stereocenters. The molecule has 104 valence electrons. The molecule has 1 aromatic carbocycles. The van der Waals surface area contributed by atoms with Gasteiger partial charge < -0.3 is 15.0 Å². The number of likely N-dealkylation sites (N-methyl/N-ethyl adjacent to an activating group) is 1. The van der Waals surface area contributed by atoms with Gasteiger partial charge in [-0.05, 0) is 31.7 Å². The van der Waals surface area contributed by atoms with Crippen LogP contribution in [0.25, 0.3) is 0 Å². The Hall–Kier alpha value is -0.910. The first-order valence-corrected chi connectivity index (χ1v) is 7.24. The summed E-state index contributed by atoms with van der Waals surface area (Å²) in [5, 5.41) is 2.91. The van der Waals surface area contributed by atoms with Crippen molar-refractivity contribution in [2.75, 3.05) is 26.7 Å². The molecule has 1 aliphatic heterocycles. The molecule has 2 rings (SSSR count). The van der Waals surface area contributed by atoms with E-state index in [-0.39, 0.29) is 18.1 Å². The highest BCUT2D eigenvalue weighted by Crippen LogP contribution is 2.29. The van der Waals surface area contributed by atoms with Crippen LogP contribution < -0.4 is 5.32 Å². The normalized spacial score (nSPS) is 23.4. The minimum atomic E-state index is -0.0531. The molecule has 4 nitrogen and oxygen atoms in total. The van der Waals surface area contributed by atoms with Crippen LogP contribution in [0.2, 0.25) is 0 Å². The standard InChI is InChI=1S/C14H19BrN2O2/c1-10-14(11-3-5-12(15)6-4-11)19-8-7-17(10)13(18)9-16-2/h3-6,10,14,16H,7-9H2,1-2H3/t10-,14-/m1/s1. The van der Waals surface area contributed by atoms with Crippen LogP contribution in [0.5, 0.6) is 0 Å². The second-order valence-corrected chi connectivity index (χ2v) is 5.62. The van der Waals surface area contributed by atoms with E-state index >= 15 is 0 Å². The molecule has 1 amide bonds. The third-order valence-electron chi connectivity index (χ3n) is 3.41. The van der Waals surface area contributed by atoms with Crippen LogP contribution in [-0.4, -0.2) is 43.6 Å². The Morgan fingerprint density at radius 1 is 1.47 bits per heavy atom. The van der Waals surface area contributed by atoms with E-state index in [1.807, 2.05) is 36.1 Å². The number of amides is 1. The van der Waals surface area contributed by atoms with Gasteiger partial charge in [0.1, 0.15) is 6.10 Å². The zero-order valence-corrected chi connectivity index (χ0v) is 12.8. The van der Waals surface area contributed by atoms with Gasteiger partial charge in [-0.1, -0.05) is 28.1 Å². The maximum Gasteiger partial charge on any atom is 0.236 e. The van der Waals surface area contributed by atoms with Crippen molar-refractivity contribution in [2.45, 2.75) is 19.1 Å². The van der Waals surface area contributed by atoms with Crippen LogP contribution in [0.1, 0.15) is 18.6 Å². The number of hydrogen-bond donors (Lipinski definition) is 1. The number of carbonyl (C=O) groups excluding carboxylic acids is 1. The number of nitrogens with zero attached hydrogens (tertiary/aromatic N) is 1. The average Bonchev–Trinajstić information content (AvgIpc) is 2.40. The van der Waals surface area contributed by atoms with Gasteiger partial charge in [-0.25, -0.2) is 0 Å². The molecule has 0 aromatic heterocycles. The molecule has 19 heavy (non-hydrogen) atoms. The maximum absolute atomic E-state index is 12.0. The molecule has 1 aliphatic rings. The Labute approximate surface area is 122 Å². The summed E-state index contributed by atoms with van der Waals surface area (Å²) in [7, 11) is 1.79. The van der Waals surface area contributed by atoms with Crippen molar-refractivity contribution in [3.8, 4) is 0 Å². The molecule has 1 heterocycles. The van der Waals surface area contributed by atoms with Crippen molar-refractivity contribution >= 4 is 21.8 Å². The minimum Gasteiger partial charge on any atom is -0.370 e. The fraction of sp³-hybridized carbons (Fsp3) is 0.500. The summed E-state index contributed by atoms with van der Waals surface area (Å²) >= 11 is 3.43. The molecule has 0 unspecified atom stereocenters. The number of morpholine rings is 1. The molecule has 0 aliphatic carbocycles. The summed E-state index contributed by atoms with van der Waals surface area (Å²) in [6, 6.07) is 8.13. The van der Waals surface area contributed by atoms with E-state index in [2.05, 4.69) is 21.2 Å². The number of benzene rings is 1. The lowest BCUT2D eigenvalue weighted by Gasteiger charge is -2.39. The number of nitrogens with one attached hydrogen (secondary N) is 1. The van der Waals surface area contributed by atoms with Crippen molar-refractivity contribution in [3.05, 3.63) is 34.3 Å². The van der Waals surface area contributed by atoms with Gasteiger partial charge in [0.2, 0.25) is 5.91 Å².